The van der Waals surface area contributed by atoms with Gasteiger partial charge in [-0.3, -0.25) is 4.52 Å². The zero-order chi connectivity index (χ0) is 33.7. The third kappa shape index (κ3) is 40.2. The first-order valence-electron chi connectivity index (χ1n) is 20.4. The fourth-order valence-corrected chi connectivity index (χ4v) is 6.55. The van der Waals surface area contributed by atoms with Gasteiger partial charge >= 0.3 is 7.82 Å². The smallest absolute Gasteiger partial charge is 0.379 e. The summed E-state index contributed by atoms with van der Waals surface area (Å²) in [5, 5.41) is 0. The highest BCUT2D eigenvalue weighted by molar-refractivity contribution is 7.46. The second-order valence-electron chi connectivity index (χ2n) is 14.0. The van der Waals surface area contributed by atoms with Crippen molar-refractivity contribution in [2.75, 3.05) is 26.4 Å². The first kappa shape index (κ1) is 46.0. The molecule has 0 aromatic heterocycles. The van der Waals surface area contributed by atoms with Crippen molar-refractivity contribution in [2.45, 2.75) is 225 Å². The van der Waals surface area contributed by atoms with Crippen molar-refractivity contribution in [3.8, 4) is 0 Å². The molecule has 0 unspecified atom stereocenters. The first-order valence-corrected chi connectivity index (χ1v) is 21.9. The second kappa shape index (κ2) is 37.8. The van der Waals surface area contributed by atoms with Gasteiger partial charge in [0.25, 0.3) is 0 Å². The summed E-state index contributed by atoms with van der Waals surface area (Å²) in [4.78, 5) is 18.2. The molecule has 0 aliphatic carbocycles. The van der Waals surface area contributed by atoms with E-state index in [0.717, 1.165) is 19.3 Å². The molecule has 0 aliphatic rings. The monoisotopic (exact) mass is 677 g/mol. The predicted octanol–water partition coefficient (Wildman–Crippen LogP) is 13.0. The van der Waals surface area contributed by atoms with Gasteiger partial charge in [-0.15, -0.1) is 0 Å². The molecule has 0 fully saturated rings. The van der Waals surface area contributed by atoms with Crippen LogP contribution in [0.3, 0.4) is 0 Å². The molecule has 0 rings (SSSR count). The molecular formula is C39H81O6P. The Morgan fingerprint density at radius 2 is 0.696 bits per heavy atom. The van der Waals surface area contributed by atoms with Gasteiger partial charge in [0.1, 0.15) is 6.10 Å². The number of hydrogen-bond acceptors (Lipinski definition) is 4. The van der Waals surface area contributed by atoms with E-state index >= 15 is 0 Å². The molecule has 278 valence electrons. The van der Waals surface area contributed by atoms with Gasteiger partial charge in [-0.1, -0.05) is 206 Å². The minimum atomic E-state index is -4.51. The summed E-state index contributed by atoms with van der Waals surface area (Å²) in [6.45, 7) is 5.98. The summed E-state index contributed by atoms with van der Waals surface area (Å²) < 4.78 is 27.6. The van der Waals surface area contributed by atoms with Gasteiger partial charge in [-0.05, 0) is 12.8 Å². The summed E-state index contributed by atoms with van der Waals surface area (Å²) in [5.74, 6) is 0. The lowest BCUT2D eigenvalue weighted by molar-refractivity contribution is -0.0429. The zero-order valence-electron chi connectivity index (χ0n) is 31.0. The number of unbranched alkanes of at least 4 members (excludes halogenated alkanes) is 30. The maximum absolute atomic E-state index is 11.2. The molecule has 0 aromatic carbocycles. The standard InChI is InChI=1S/C39H81O6P/c1-3-5-7-9-11-13-15-17-19-21-23-25-27-29-31-33-35-43-37-39(38-45-46(40,41)42)44-36-34-32-30-28-26-24-22-20-18-16-14-12-10-8-6-4-2/h39H,3-38H2,1-2H3,(H2,40,41,42)/t39-/m1/s1. The largest absolute Gasteiger partial charge is 0.469 e. The average molecular weight is 677 g/mol. The van der Waals surface area contributed by atoms with Crippen LogP contribution in [0.4, 0.5) is 0 Å². The topological polar surface area (TPSA) is 85.2 Å². The number of phosphoric acid groups is 1. The molecule has 7 heteroatoms. The van der Waals surface area contributed by atoms with Crippen LogP contribution in [-0.4, -0.2) is 42.3 Å². The van der Waals surface area contributed by atoms with Crippen LogP contribution in [0.25, 0.3) is 0 Å². The van der Waals surface area contributed by atoms with E-state index in [9.17, 15) is 4.57 Å². The number of rotatable bonds is 40. The lowest BCUT2D eigenvalue weighted by atomic mass is 10.0. The third-order valence-corrected chi connectivity index (χ3v) is 9.71. The van der Waals surface area contributed by atoms with Crippen molar-refractivity contribution < 1.29 is 28.3 Å². The molecule has 0 heterocycles. The van der Waals surface area contributed by atoms with Crippen molar-refractivity contribution in [1.82, 2.24) is 0 Å². The summed E-state index contributed by atoms with van der Waals surface area (Å²) in [6.07, 6.45) is 42.3. The van der Waals surface area contributed by atoms with Crippen molar-refractivity contribution in [3.05, 3.63) is 0 Å². The van der Waals surface area contributed by atoms with Crippen molar-refractivity contribution in [3.63, 3.8) is 0 Å². The van der Waals surface area contributed by atoms with E-state index < -0.39 is 13.9 Å². The van der Waals surface area contributed by atoms with Crippen LogP contribution in [0.1, 0.15) is 219 Å². The summed E-state index contributed by atoms with van der Waals surface area (Å²) in [6, 6.07) is 0. The van der Waals surface area contributed by atoms with Crippen LogP contribution in [0.5, 0.6) is 0 Å². The highest BCUT2D eigenvalue weighted by Gasteiger charge is 2.19. The van der Waals surface area contributed by atoms with E-state index in [-0.39, 0.29) is 6.61 Å². The highest BCUT2D eigenvalue weighted by Crippen LogP contribution is 2.35. The first-order chi connectivity index (χ1) is 22.5. The van der Waals surface area contributed by atoms with E-state index in [2.05, 4.69) is 13.8 Å². The SMILES string of the molecule is CCCCCCCCCCCCCCCCCCOC[C@H](COP(=O)(O)O)OCCCCCCCCCCCCCCCCCC. The normalized spacial score (nSPS) is 12.7. The Labute approximate surface area is 287 Å². The number of ether oxygens (including phenoxy) is 2. The molecule has 2 N–H and O–H groups in total. The van der Waals surface area contributed by atoms with Gasteiger partial charge in [0, 0.05) is 13.2 Å². The predicted molar refractivity (Wildman–Crippen MR) is 198 cm³/mol. The van der Waals surface area contributed by atoms with Gasteiger partial charge in [0.2, 0.25) is 0 Å². The van der Waals surface area contributed by atoms with Crippen molar-refractivity contribution >= 4 is 7.82 Å². The van der Waals surface area contributed by atoms with Gasteiger partial charge in [-0.25, -0.2) is 4.57 Å². The van der Waals surface area contributed by atoms with Gasteiger partial charge < -0.3 is 19.3 Å². The molecule has 0 aromatic rings. The molecule has 0 saturated carbocycles. The molecule has 0 amide bonds. The van der Waals surface area contributed by atoms with Crippen LogP contribution in [0, 0.1) is 0 Å². The zero-order valence-corrected chi connectivity index (χ0v) is 31.9. The molecule has 0 bridgehead atoms. The fourth-order valence-electron chi connectivity index (χ4n) is 6.19. The van der Waals surface area contributed by atoms with Crippen molar-refractivity contribution in [1.29, 1.82) is 0 Å². The Kier molecular flexibility index (Phi) is 37.9. The van der Waals surface area contributed by atoms with Crippen LogP contribution < -0.4 is 0 Å². The van der Waals surface area contributed by atoms with E-state index in [1.165, 1.54) is 186 Å². The Morgan fingerprint density at radius 3 is 1.00 bits per heavy atom. The minimum absolute atomic E-state index is 0.137. The van der Waals surface area contributed by atoms with Crippen LogP contribution in [-0.2, 0) is 18.6 Å². The number of phosphoric ester groups is 1. The van der Waals surface area contributed by atoms with E-state index in [4.69, 9.17) is 23.8 Å². The summed E-state index contributed by atoms with van der Waals surface area (Å²) >= 11 is 0. The molecule has 6 nitrogen and oxygen atoms in total. The Balaban J connectivity index is 3.62. The molecule has 46 heavy (non-hydrogen) atoms. The maximum atomic E-state index is 11.2. The van der Waals surface area contributed by atoms with Crippen LogP contribution in [0.15, 0.2) is 0 Å². The highest BCUT2D eigenvalue weighted by atomic mass is 31.2. The average Bonchev–Trinajstić information content (AvgIpc) is 3.03. The minimum Gasteiger partial charge on any atom is -0.379 e. The lowest BCUT2D eigenvalue weighted by Gasteiger charge is -2.18. The summed E-state index contributed by atoms with van der Waals surface area (Å²) in [5.41, 5.74) is 0. The van der Waals surface area contributed by atoms with Gasteiger partial charge in [0.15, 0.2) is 0 Å². The maximum Gasteiger partial charge on any atom is 0.469 e. The Bertz CT molecular complexity index is 613. The molecule has 0 radical (unpaired) electrons. The Morgan fingerprint density at radius 1 is 0.413 bits per heavy atom. The van der Waals surface area contributed by atoms with Crippen LogP contribution in [0.2, 0.25) is 0 Å². The van der Waals surface area contributed by atoms with Crippen molar-refractivity contribution in [2.24, 2.45) is 0 Å². The second-order valence-corrected chi connectivity index (χ2v) is 15.2. The quantitative estimate of drug-likeness (QED) is 0.0496. The van der Waals surface area contributed by atoms with Gasteiger partial charge in [0.05, 0.1) is 13.2 Å². The van der Waals surface area contributed by atoms with E-state index in [1.807, 2.05) is 0 Å². The van der Waals surface area contributed by atoms with Gasteiger partial charge in [-0.2, -0.15) is 0 Å². The third-order valence-electron chi connectivity index (χ3n) is 9.23. The molecule has 0 aliphatic heterocycles. The molecular weight excluding hydrogens is 595 g/mol. The molecule has 0 saturated heterocycles. The number of hydrogen-bond donors (Lipinski definition) is 2. The molecule has 1 atom stereocenters. The molecule has 0 spiro atoms. The van der Waals surface area contributed by atoms with Crippen LogP contribution >= 0.6 is 7.82 Å². The Hall–Kier alpha value is 0.0300. The van der Waals surface area contributed by atoms with E-state index in [0.29, 0.717) is 19.8 Å². The lowest BCUT2D eigenvalue weighted by Crippen LogP contribution is -2.26. The fraction of sp³-hybridized carbons (Fsp3) is 1.00. The summed E-state index contributed by atoms with van der Waals surface area (Å²) in [7, 11) is -4.51. The van der Waals surface area contributed by atoms with E-state index in [1.54, 1.807) is 0 Å².